The Morgan fingerprint density at radius 2 is 2.04 bits per heavy atom. The summed E-state index contributed by atoms with van der Waals surface area (Å²) in [5, 5.41) is 6.57. The number of fused-ring (bicyclic) bond motifs is 1. The minimum atomic E-state index is 0.0432. The van der Waals surface area contributed by atoms with Crippen LogP contribution in [0.4, 0.5) is 0 Å². The third-order valence-corrected chi connectivity index (χ3v) is 4.14. The fraction of sp³-hybridized carbons (Fsp3) is 0.368. The molecule has 2 N–H and O–H groups in total. The van der Waals surface area contributed by atoms with Crippen molar-refractivity contribution in [1.82, 2.24) is 15.2 Å². The zero-order valence-corrected chi connectivity index (χ0v) is 14.9. The number of nitrogens with zero attached hydrogens (tertiary/aromatic N) is 2. The fourth-order valence-electron chi connectivity index (χ4n) is 2.72. The number of aromatic nitrogens is 1. The van der Waals surface area contributed by atoms with E-state index >= 15 is 0 Å². The van der Waals surface area contributed by atoms with Gasteiger partial charge < -0.3 is 24.7 Å². The van der Waals surface area contributed by atoms with Crippen LogP contribution in [0.3, 0.4) is 0 Å². The number of hydrogen-bond acceptors (Lipinski definition) is 4. The van der Waals surface area contributed by atoms with E-state index in [0.29, 0.717) is 6.54 Å². The summed E-state index contributed by atoms with van der Waals surface area (Å²) >= 11 is 0. The zero-order chi connectivity index (χ0) is 18.2. The molecule has 0 unspecified atom stereocenters. The molecule has 138 valence electrons. The second-order valence-electron chi connectivity index (χ2n) is 5.98. The molecule has 0 spiro atoms. The number of ether oxygens (including phenoxy) is 2. The third kappa shape index (κ3) is 4.78. The largest absolute Gasteiger partial charge is 0.454 e. The predicted octanol–water partition coefficient (Wildman–Crippen LogP) is 1.72. The Hall–Kier alpha value is -2.96. The molecule has 0 bridgehead atoms. The molecule has 3 rings (SSSR count). The summed E-state index contributed by atoms with van der Waals surface area (Å²) in [7, 11) is 1.75. The molecule has 2 heterocycles. The van der Waals surface area contributed by atoms with Gasteiger partial charge in [-0.3, -0.25) is 9.79 Å². The van der Waals surface area contributed by atoms with Gasteiger partial charge in [-0.15, -0.1) is 0 Å². The molecular formula is C19H24N4O3. The van der Waals surface area contributed by atoms with Crippen LogP contribution in [0, 0.1) is 0 Å². The summed E-state index contributed by atoms with van der Waals surface area (Å²) in [6.07, 6.45) is 3.70. The maximum Gasteiger partial charge on any atom is 0.250 e. The number of benzene rings is 1. The van der Waals surface area contributed by atoms with Crippen molar-refractivity contribution in [2.45, 2.75) is 25.9 Å². The molecular weight excluding hydrogens is 332 g/mol. The van der Waals surface area contributed by atoms with Gasteiger partial charge in [0.05, 0.1) is 0 Å². The van der Waals surface area contributed by atoms with Crippen LogP contribution in [0.25, 0.3) is 0 Å². The van der Waals surface area contributed by atoms with Crippen LogP contribution in [-0.4, -0.2) is 30.9 Å². The van der Waals surface area contributed by atoms with Crippen LogP contribution in [0.2, 0.25) is 0 Å². The van der Waals surface area contributed by atoms with Crippen molar-refractivity contribution < 1.29 is 9.47 Å². The molecule has 0 fully saturated rings. The normalized spacial score (nSPS) is 12.9. The van der Waals surface area contributed by atoms with Crippen LogP contribution in [0.15, 0.2) is 52.4 Å². The topological polar surface area (TPSA) is 76.9 Å². The summed E-state index contributed by atoms with van der Waals surface area (Å²) in [5.41, 5.74) is 1.14. The van der Waals surface area contributed by atoms with E-state index in [0.717, 1.165) is 49.0 Å². The van der Waals surface area contributed by atoms with E-state index in [1.165, 1.54) is 0 Å². The van der Waals surface area contributed by atoms with Gasteiger partial charge >= 0.3 is 0 Å². The Morgan fingerprint density at radius 1 is 1.15 bits per heavy atom. The maximum absolute atomic E-state index is 11.6. The summed E-state index contributed by atoms with van der Waals surface area (Å²) in [5.74, 6) is 2.32. The van der Waals surface area contributed by atoms with E-state index < -0.39 is 0 Å². The van der Waals surface area contributed by atoms with Crippen LogP contribution >= 0.6 is 0 Å². The molecule has 0 aliphatic carbocycles. The molecule has 0 radical (unpaired) electrons. The van der Waals surface area contributed by atoms with E-state index in [4.69, 9.17) is 9.47 Å². The summed E-state index contributed by atoms with van der Waals surface area (Å²) in [4.78, 5) is 15.9. The standard InChI is InChI=1S/C19H24N4O3/c1-20-19(21-9-3-5-11-23-10-4-2-6-18(23)24)22-13-15-7-8-16-17(12-15)26-14-25-16/h2,4,6-8,10,12H,3,5,9,11,13-14H2,1H3,(H2,20,21,22). The number of aliphatic imine (C=N–C) groups is 1. The first-order valence-electron chi connectivity index (χ1n) is 8.75. The zero-order valence-electron chi connectivity index (χ0n) is 14.9. The van der Waals surface area contributed by atoms with Crippen molar-refractivity contribution in [1.29, 1.82) is 0 Å². The molecule has 1 aromatic carbocycles. The first-order valence-corrected chi connectivity index (χ1v) is 8.75. The molecule has 7 nitrogen and oxygen atoms in total. The lowest BCUT2D eigenvalue weighted by Crippen LogP contribution is -2.37. The predicted molar refractivity (Wildman–Crippen MR) is 101 cm³/mol. The molecule has 7 heteroatoms. The second kappa shape index (κ2) is 8.94. The lowest BCUT2D eigenvalue weighted by Gasteiger charge is -2.12. The number of aryl methyl sites for hydroxylation is 1. The van der Waals surface area contributed by atoms with Crippen LogP contribution in [0.5, 0.6) is 11.5 Å². The molecule has 1 aliphatic rings. The van der Waals surface area contributed by atoms with E-state index in [-0.39, 0.29) is 12.4 Å². The van der Waals surface area contributed by atoms with Gasteiger partial charge in [-0.2, -0.15) is 0 Å². The molecule has 0 amide bonds. The lowest BCUT2D eigenvalue weighted by atomic mass is 10.2. The van der Waals surface area contributed by atoms with Crippen molar-refractivity contribution in [2.24, 2.45) is 4.99 Å². The fourth-order valence-corrected chi connectivity index (χ4v) is 2.72. The quantitative estimate of drug-likeness (QED) is 0.449. The van der Waals surface area contributed by atoms with E-state index in [1.54, 1.807) is 23.7 Å². The highest BCUT2D eigenvalue weighted by atomic mass is 16.7. The van der Waals surface area contributed by atoms with E-state index in [2.05, 4.69) is 15.6 Å². The van der Waals surface area contributed by atoms with Gasteiger partial charge in [-0.05, 0) is 36.6 Å². The van der Waals surface area contributed by atoms with Gasteiger partial charge in [-0.25, -0.2) is 0 Å². The number of hydrogen-bond donors (Lipinski definition) is 2. The molecule has 26 heavy (non-hydrogen) atoms. The molecule has 1 aliphatic heterocycles. The number of rotatable bonds is 7. The smallest absolute Gasteiger partial charge is 0.250 e. The second-order valence-corrected chi connectivity index (χ2v) is 5.98. The van der Waals surface area contributed by atoms with Gasteiger partial charge in [-0.1, -0.05) is 12.1 Å². The van der Waals surface area contributed by atoms with Crippen LogP contribution in [0.1, 0.15) is 18.4 Å². The number of guanidine groups is 1. The van der Waals surface area contributed by atoms with Gasteiger partial charge in [0.25, 0.3) is 0 Å². The number of unbranched alkanes of at least 4 members (excludes halogenated alkanes) is 1. The number of nitrogens with one attached hydrogen (secondary N) is 2. The van der Waals surface area contributed by atoms with Crippen LogP contribution in [-0.2, 0) is 13.1 Å². The first kappa shape index (κ1) is 17.8. The molecule has 0 saturated heterocycles. The van der Waals surface area contributed by atoms with Crippen molar-refractivity contribution in [3.63, 3.8) is 0 Å². The van der Waals surface area contributed by atoms with Crippen LogP contribution < -0.4 is 25.7 Å². The molecule has 1 aromatic heterocycles. The average molecular weight is 356 g/mol. The number of pyridine rings is 1. The molecule has 0 atom stereocenters. The van der Waals surface area contributed by atoms with Crippen molar-refractivity contribution in [3.8, 4) is 11.5 Å². The van der Waals surface area contributed by atoms with Gasteiger partial charge in [0.15, 0.2) is 17.5 Å². The Bertz CT molecular complexity index is 816. The highest BCUT2D eigenvalue weighted by molar-refractivity contribution is 5.79. The van der Waals surface area contributed by atoms with Crippen molar-refractivity contribution in [3.05, 3.63) is 58.5 Å². The SMILES string of the molecule is CN=C(NCCCCn1ccccc1=O)NCc1ccc2c(c1)OCO2. The minimum absolute atomic E-state index is 0.0432. The van der Waals surface area contributed by atoms with E-state index in [9.17, 15) is 4.79 Å². The van der Waals surface area contributed by atoms with Gasteiger partial charge in [0.1, 0.15) is 0 Å². The average Bonchev–Trinajstić information content (AvgIpc) is 3.13. The summed E-state index contributed by atoms with van der Waals surface area (Å²) < 4.78 is 12.4. The Morgan fingerprint density at radius 3 is 2.88 bits per heavy atom. The highest BCUT2D eigenvalue weighted by Crippen LogP contribution is 2.32. The first-order chi connectivity index (χ1) is 12.8. The Labute approximate surface area is 152 Å². The Kier molecular flexibility index (Phi) is 6.14. The maximum atomic E-state index is 11.6. The minimum Gasteiger partial charge on any atom is -0.454 e. The monoisotopic (exact) mass is 356 g/mol. The third-order valence-electron chi connectivity index (χ3n) is 4.14. The lowest BCUT2D eigenvalue weighted by molar-refractivity contribution is 0.174. The van der Waals surface area contributed by atoms with E-state index in [1.807, 2.05) is 30.5 Å². The molecule has 0 saturated carbocycles. The Balaban J connectivity index is 1.37. The van der Waals surface area contributed by atoms with Crippen molar-refractivity contribution in [2.75, 3.05) is 20.4 Å². The van der Waals surface area contributed by atoms with Crippen molar-refractivity contribution >= 4 is 5.96 Å². The molecule has 2 aromatic rings. The summed E-state index contributed by atoms with van der Waals surface area (Å²) in [6.45, 7) is 2.45. The summed E-state index contributed by atoms with van der Waals surface area (Å²) in [6, 6.07) is 11.1. The van der Waals surface area contributed by atoms with Gasteiger partial charge in [0.2, 0.25) is 12.4 Å². The highest BCUT2D eigenvalue weighted by Gasteiger charge is 2.13. The van der Waals surface area contributed by atoms with Gasteiger partial charge in [0, 0.05) is 38.9 Å².